The van der Waals surface area contributed by atoms with Gasteiger partial charge in [0.05, 0.1) is 6.10 Å². The van der Waals surface area contributed by atoms with Crippen LogP contribution in [0.4, 0.5) is 11.6 Å². The number of hydrogen-bond donors (Lipinski definition) is 4. The van der Waals surface area contributed by atoms with Gasteiger partial charge in [-0.3, -0.25) is 0 Å². The Morgan fingerprint density at radius 2 is 1.89 bits per heavy atom. The Morgan fingerprint density at radius 3 is 2.67 bits per heavy atom. The zero-order chi connectivity index (χ0) is 24.9. The van der Waals surface area contributed by atoms with Crippen LogP contribution in [0.5, 0.6) is 0 Å². The standard InChI is InChI=1S/C29H42N6O/c1-3-5-20(2)32-29-31-18-26-27(19-35(28(26)34-29)24-11-13-25(36)14-12-24)21-7-9-23(10-8-21)33-22-6-4-16-30-17-15-22/h7-10,18-20,22,24-25,30,33,36H,3-6,11-17H2,1-2H3,(H,31,32,34)/t20-,22?,24-,25-/m0/s1. The van der Waals surface area contributed by atoms with Crippen LogP contribution in [0.25, 0.3) is 22.2 Å². The number of nitrogens with one attached hydrogen (secondary N) is 3. The largest absolute Gasteiger partial charge is 0.393 e. The van der Waals surface area contributed by atoms with Gasteiger partial charge in [0, 0.05) is 47.2 Å². The number of aliphatic hydroxyl groups excluding tert-OH is 1. The molecule has 194 valence electrons. The van der Waals surface area contributed by atoms with Crippen LogP contribution in [0, 0.1) is 0 Å². The number of anilines is 2. The smallest absolute Gasteiger partial charge is 0.224 e. The maximum Gasteiger partial charge on any atom is 0.224 e. The molecule has 3 aromatic rings. The van der Waals surface area contributed by atoms with Crippen molar-refractivity contribution >= 4 is 22.7 Å². The lowest BCUT2D eigenvalue weighted by Gasteiger charge is -2.27. The Bertz CT molecular complexity index is 1110. The van der Waals surface area contributed by atoms with Gasteiger partial charge in [0.1, 0.15) is 5.65 Å². The van der Waals surface area contributed by atoms with E-state index in [9.17, 15) is 5.11 Å². The quantitative estimate of drug-likeness (QED) is 0.323. The summed E-state index contributed by atoms with van der Waals surface area (Å²) in [6, 6.07) is 10.1. The van der Waals surface area contributed by atoms with Crippen LogP contribution in [0.3, 0.4) is 0 Å². The Balaban J connectivity index is 1.43. The van der Waals surface area contributed by atoms with E-state index in [1.807, 2.05) is 6.20 Å². The number of benzene rings is 1. The molecule has 1 unspecified atom stereocenters. The monoisotopic (exact) mass is 490 g/mol. The molecule has 0 spiro atoms. The third kappa shape index (κ3) is 5.84. The fraction of sp³-hybridized carbons (Fsp3) is 0.586. The number of rotatable bonds is 8. The first-order valence-electron chi connectivity index (χ1n) is 14.0. The van der Waals surface area contributed by atoms with Gasteiger partial charge in [-0.25, -0.2) is 4.98 Å². The van der Waals surface area contributed by atoms with Gasteiger partial charge in [-0.1, -0.05) is 25.5 Å². The first-order chi connectivity index (χ1) is 17.6. The predicted octanol–water partition coefficient (Wildman–Crippen LogP) is 5.73. The minimum Gasteiger partial charge on any atom is -0.393 e. The summed E-state index contributed by atoms with van der Waals surface area (Å²) in [5.41, 5.74) is 4.53. The Hall–Kier alpha value is -2.64. The average molecular weight is 491 g/mol. The molecule has 1 saturated carbocycles. The summed E-state index contributed by atoms with van der Waals surface area (Å²) in [5, 5.41) is 21.9. The second-order valence-corrected chi connectivity index (χ2v) is 10.8. The number of fused-ring (bicyclic) bond motifs is 1. The molecule has 3 heterocycles. The Labute approximate surface area is 215 Å². The first-order valence-corrected chi connectivity index (χ1v) is 14.0. The van der Waals surface area contributed by atoms with Crippen LogP contribution in [-0.2, 0) is 0 Å². The van der Waals surface area contributed by atoms with Gasteiger partial charge in [-0.05, 0) is 89.1 Å². The molecule has 1 aliphatic heterocycles. The highest BCUT2D eigenvalue weighted by molar-refractivity contribution is 5.94. The molecule has 2 aliphatic rings. The first kappa shape index (κ1) is 25.0. The van der Waals surface area contributed by atoms with Crippen LogP contribution in [0.1, 0.15) is 77.7 Å². The fourth-order valence-corrected chi connectivity index (χ4v) is 5.81. The maximum atomic E-state index is 10.1. The zero-order valence-electron chi connectivity index (χ0n) is 21.8. The SMILES string of the molecule is CCC[C@H](C)Nc1ncc2c(-c3ccc(NC4CCCNCC4)cc3)cn([C@H]3CC[C@H](O)CC3)c2n1. The Kier molecular flexibility index (Phi) is 8.07. The van der Waals surface area contributed by atoms with Crippen molar-refractivity contribution in [2.24, 2.45) is 0 Å². The van der Waals surface area contributed by atoms with Crippen LogP contribution in [0.2, 0.25) is 0 Å². The van der Waals surface area contributed by atoms with Gasteiger partial charge < -0.3 is 25.6 Å². The third-order valence-corrected chi connectivity index (χ3v) is 7.87. The molecule has 1 aromatic carbocycles. The number of aromatic nitrogens is 3. The van der Waals surface area contributed by atoms with Crippen LogP contribution >= 0.6 is 0 Å². The summed E-state index contributed by atoms with van der Waals surface area (Å²) in [4.78, 5) is 9.70. The molecular formula is C29H42N6O. The number of nitrogens with zero attached hydrogens (tertiary/aromatic N) is 3. The van der Waals surface area contributed by atoms with E-state index in [0.29, 0.717) is 24.1 Å². The normalized spacial score (nSPS) is 23.8. The van der Waals surface area contributed by atoms with Crippen molar-refractivity contribution in [1.29, 1.82) is 0 Å². The molecule has 4 N–H and O–H groups in total. The third-order valence-electron chi connectivity index (χ3n) is 7.87. The predicted molar refractivity (Wildman–Crippen MR) is 149 cm³/mol. The van der Waals surface area contributed by atoms with Gasteiger partial charge in [-0.15, -0.1) is 0 Å². The minimum atomic E-state index is -0.173. The van der Waals surface area contributed by atoms with Crippen molar-refractivity contribution < 1.29 is 5.11 Å². The van der Waals surface area contributed by atoms with Crippen molar-refractivity contribution in [2.75, 3.05) is 23.7 Å². The Morgan fingerprint density at radius 1 is 1.08 bits per heavy atom. The van der Waals surface area contributed by atoms with Crippen molar-refractivity contribution in [3.05, 3.63) is 36.7 Å². The number of aliphatic hydroxyl groups is 1. The molecule has 36 heavy (non-hydrogen) atoms. The topological polar surface area (TPSA) is 87.0 Å². The molecule has 1 saturated heterocycles. The minimum absolute atomic E-state index is 0.173. The molecule has 0 radical (unpaired) electrons. The van der Waals surface area contributed by atoms with Gasteiger partial charge in [0.15, 0.2) is 0 Å². The van der Waals surface area contributed by atoms with E-state index in [-0.39, 0.29) is 6.10 Å². The molecule has 7 nitrogen and oxygen atoms in total. The summed E-state index contributed by atoms with van der Waals surface area (Å²) >= 11 is 0. The molecule has 0 amide bonds. The fourth-order valence-electron chi connectivity index (χ4n) is 5.81. The summed E-state index contributed by atoms with van der Waals surface area (Å²) in [6.07, 6.45) is 13.5. The van der Waals surface area contributed by atoms with Gasteiger partial charge in [0.25, 0.3) is 0 Å². The lowest BCUT2D eigenvalue weighted by Crippen LogP contribution is -2.21. The van der Waals surface area contributed by atoms with Gasteiger partial charge in [-0.2, -0.15) is 4.98 Å². The van der Waals surface area contributed by atoms with Crippen LogP contribution in [0.15, 0.2) is 36.7 Å². The van der Waals surface area contributed by atoms with Crippen molar-refractivity contribution in [3.63, 3.8) is 0 Å². The van der Waals surface area contributed by atoms with Gasteiger partial charge in [0.2, 0.25) is 5.95 Å². The van der Waals surface area contributed by atoms with Crippen molar-refractivity contribution in [1.82, 2.24) is 19.9 Å². The van der Waals surface area contributed by atoms with Gasteiger partial charge >= 0.3 is 0 Å². The molecule has 2 fully saturated rings. The van der Waals surface area contributed by atoms with E-state index >= 15 is 0 Å². The lowest BCUT2D eigenvalue weighted by molar-refractivity contribution is 0.111. The average Bonchev–Trinajstić information content (AvgIpc) is 3.06. The van der Waals surface area contributed by atoms with E-state index < -0.39 is 0 Å². The summed E-state index contributed by atoms with van der Waals surface area (Å²) < 4.78 is 2.35. The second-order valence-electron chi connectivity index (χ2n) is 10.8. The highest BCUT2D eigenvalue weighted by Crippen LogP contribution is 2.37. The highest BCUT2D eigenvalue weighted by Gasteiger charge is 2.24. The van der Waals surface area contributed by atoms with E-state index in [0.717, 1.165) is 69.1 Å². The lowest BCUT2D eigenvalue weighted by atomic mass is 9.93. The van der Waals surface area contributed by atoms with E-state index in [1.54, 1.807) is 0 Å². The van der Waals surface area contributed by atoms with Crippen molar-refractivity contribution in [2.45, 2.75) is 95.9 Å². The second kappa shape index (κ2) is 11.6. The summed E-state index contributed by atoms with van der Waals surface area (Å²) in [6.45, 7) is 6.59. The molecule has 7 heteroatoms. The molecule has 2 aromatic heterocycles. The molecule has 2 atom stereocenters. The van der Waals surface area contributed by atoms with E-state index in [2.05, 4.69) is 64.8 Å². The maximum absolute atomic E-state index is 10.1. The molecular weight excluding hydrogens is 448 g/mol. The highest BCUT2D eigenvalue weighted by atomic mass is 16.3. The van der Waals surface area contributed by atoms with E-state index in [1.165, 1.54) is 29.7 Å². The summed E-state index contributed by atoms with van der Waals surface area (Å²) in [5.74, 6) is 0.697. The van der Waals surface area contributed by atoms with E-state index in [4.69, 9.17) is 9.97 Å². The number of hydrogen-bond acceptors (Lipinski definition) is 6. The van der Waals surface area contributed by atoms with Crippen LogP contribution in [-0.4, -0.2) is 50.9 Å². The summed E-state index contributed by atoms with van der Waals surface area (Å²) in [7, 11) is 0. The molecule has 5 rings (SSSR count). The zero-order valence-corrected chi connectivity index (χ0v) is 21.8. The van der Waals surface area contributed by atoms with Crippen LogP contribution < -0.4 is 16.0 Å². The molecule has 0 bridgehead atoms. The molecule has 1 aliphatic carbocycles. The van der Waals surface area contributed by atoms with Crippen molar-refractivity contribution in [3.8, 4) is 11.1 Å².